The summed E-state index contributed by atoms with van der Waals surface area (Å²) in [6.45, 7) is 5.39. The van der Waals surface area contributed by atoms with Crippen LogP contribution < -0.4 is 0 Å². The molecule has 0 bridgehead atoms. The van der Waals surface area contributed by atoms with Crippen molar-refractivity contribution in [3.8, 4) is 0 Å². The van der Waals surface area contributed by atoms with E-state index < -0.39 is 0 Å². The van der Waals surface area contributed by atoms with Crippen LogP contribution in [0, 0.1) is 18.2 Å². The van der Waals surface area contributed by atoms with Crippen molar-refractivity contribution < 1.29 is 23.5 Å². The maximum Gasteiger partial charge on any atom is 0.323 e. The van der Waals surface area contributed by atoms with Crippen molar-refractivity contribution in [3.63, 3.8) is 0 Å². The smallest absolute Gasteiger partial charge is 0.323 e. The lowest BCUT2D eigenvalue weighted by atomic mass is 9.76. The lowest BCUT2D eigenvalue weighted by Gasteiger charge is -2.38. The summed E-state index contributed by atoms with van der Waals surface area (Å²) >= 11 is 0. The van der Waals surface area contributed by atoms with Gasteiger partial charge in [0, 0.05) is 25.2 Å². The molecule has 0 saturated carbocycles. The predicted octanol–water partition coefficient (Wildman–Crippen LogP) is 2.78. The minimum absolute atomic E-state index is 0.0977. The Morgan fingerprint density at radius 1 is 1.27 bits per heavy atom. The Morgan fingerprint density at radius 2 is 2.03 bits per heavy atom. The van der Waals surface area contributed by atoms with Gasteiger partial charge in [0.2, 0.25) is 0 Å². The summed E-state index contributed by atoms with van der Waals surface area (Å²) in [5.41, 5.74) is 1.06. The molecule has 7 heteroatoms. The molecule has 1 amide bonds. The number of esters is 1. The number of aryl methyl sites for hydroxylation is 1. The highest BCUT2D eigenvalue weighted by molar-refractivity contribution is 5.94. The van der Waals surface area contributed by atoms with Gasteiger partial charge in [0.25, 0.3) is 5.91 Å². The lowest BCUT2D eigenvalue weighted by Crippen LogP contribution is -2.44. The van der Waals surface area contributed by atoms with E-state index in [2.05, 4.69) is 4.90 Å². The summed E-state index contributed by atoms with van der Waals surface area (Å²) in [7, 11) is 1.44. The van der Waals surface area contributed by atoms with Crippen LogP contribution in [0.1, 0.15) is 48.0 Å². The molecule has 3 saturated heterocycles. The highest BCUT2D eigenvalue weighted by Gasteiger charge is 2.44. The van der Waals surface area contributed by atoms with Gasteiger partial charge in [0.1, 0.15) is 11.9 Å². The molecule has 6 nitrogen and oxygen atoms in total. The molecule has 3 heterocycles. The van der Waals surface area contributed by atoms with Crippen LogP contribution in [0.4, 0.5) is 4.39 Å². The van der Waals surface area contributed by atoms with Crippen LogP contribution in [0.25, 0.3) is 0 Å². The Labute approximate surface area is 177 Å². The number of benzene rings is 1. The number of amides is 1. The summed E-state index contributed by atoms with van der Waals surface area (Å²) in [6, 6.07) is 4.55. The summed E-state index contributed by atoms with van der Waals surface area (Å²) in [4.78, 5) is 28.8. The first-order chi connectivity index (χ1) is 14.4. The van der Waals surface area contributed by atoms with E-state index in [1.54, 1.807) is 19.1 Å². The van der Waals surface area contributed by atoms with Crippen molar-refractivity contribution in [1.82, 2.24) is 9.80 Å². The Hall–Kier alpha value is -1.99. The number of likely N-dealkylation sites (tertiary alicyclic amines) is 2. The average Bonchev–Trinajstić information content (AvgIpc) is 3.37. The van der Waals surface area contributed by atoms with Crippen LogP contribution in [0.2, 0.25) is 0 Å². The van der Waals surface area contributed by atoms with Crippen molar-refractivity contribution in [2.45, 2.75) is 51.2 Å². The third-order valence-corrected chi connectivity index (χ3v) is 7.09. The third kappa shape index (κ3) is 4.23. The van der Waals surface area contributed by atoms with E-state index in [-0.39, 0.29) is 35.3 Å². The molecule has 0 aromatic heterocycles. The van der Waals surface area contributed by atoms with E-state index in [9.17, 15) is 14.0 Å². The van der Waals surface area contributed by atoms with Gasteiger partial charge >= 0.3 is 5.97 Å². The molecule has 3 aliphatic heterocycles. The minimum atomic E-state index is -0.339. The zero-order chi connectivity index (χ0) is 21.3. The molecule has 0 unspecified atom stereocenters. The predicted molar refractivity (Wildman–Crippen MR) is 110 cm³/mol. The molecule has 1 spiro atoms. The highest BCUT2D eigenvalue weighted by atomic mass is 19.1. The van der Waals surface area contributed by atoms with E-state index >= 15 is 0 Å². The molecule has 1 aromatic rings. The molecule has 1 aromatic carbocycles. The van der Waals surface area contributed by atoms with E-state index in [1.807, 2.05) is 4.90 Å². The third-order valence-electron chi connectivity index (χ3n) is 7.09. The van der Waals surface area contributed by atoms with Crippen LogP contribution in [-0.2, 0) is 14.3 Å². The zero-order valence-electron chi connectivity index (χ0n) is 17.9. The Morgan fingerprint density at radius 3 is 2.73 bits per heavy atom. The molecular formula is C23H31FN2O4. The first-order valence-corrected chi connectivity index (χ1v) is 10.9. The largest absolute Gasteiger partial charge is 0.468 e. The fourth-order valence-corrected chi connectivity index (χ4v) is 5.16. The van der Waals surface area contributed by atoms with Crippen molar-refractivity contribution in [2.75, 3.05) is 39.9 Å². The number of rotatable bonds is 4. The lowest BCUT2D eigenvalue weighted by molar-refractivity contribution is -0.146. The number of halogens is 1. The number of ether oxygens (including phenoxy) is 2. The van der Waals surface area contributed by atoms with E-state index in [4.69, 9.17) is 9.47 Å². The second-order valence-corrected chi connectivity index (χ2v) is 9.07. The van der Waals surface area contributed by atoms with Gasteiger partial charge in [-0.2, -0.15) is 0 Å². The molecule has 0 radical (unpaired) electrons. The number of hydrogen-bond donors (Lipinski definition) is 0. The van der Waals surface area contributed by atoms with Gasteiger partial charge in [-0.05, 0) is 68.7 Å². The number of nitrogens with zero attached hydrogens (tertiary/aromatic N) is 2. The highest BCUT2D eigenvalue weighted by Crippen LogP contribution is 2.42. The second-order valence-electron chi connectivity index (χ2n) is 9.07. The maximum absolute atomic E-state index is 13.8. The van der Waals surface area contributed by atoms with Gasteiger partial charge in [0.05, 0.1) is 19.8 Å². The van der Waals surface area contributed by atoms with E-state index in [0.29, 0.717) is 30.8 Å². The summed E-state index contributed by atoms with van der Waals surface area (Å²) < 4.78 is 24.9. The number of hydrogen-bond acceptors (Lipinski definition) is 5. The van der Waals surface area contributed by atoms with Gasteiger partial charge in [0.15, 0.2) is 0 Å². The molecule has 30 heavy (non-hydrogen) atoms. The first kappa shape index (κ1) is 21.2. The van der Waals surface area contributed by atoms with E-state index in [1.165, 1.54) is 13.2 Å². The maximum atomic E-state index is 13.8. The number of methoxy groups -OCH3 is 1. The number of carbonyl (C=O) groups excluding carboxylic acids is 2. The van der Waals surface area contributed by atoms with Gasteiger partial charge in [-0.1, -0.05) is 6.07 Å². The molecule has 164 valence electrons. The standard InChI is InChI=1S/C23H31FN2O4/c1-16-5-6-17(12-19(16)24)21(27)25-10-7-23(8-11-25)13-18(30-15-23)14-26-9-3-4-20(26)22(28)29-2/h5-6,12,18,20H,3-4,7-11,13-15H2,1-2H3/t18-,20+/m0/s1. The summed E-state index contributed by atoms with van der Waals surface area (Å²) in [5, 5.41) is 0. The Bertz CT molecular complexity index is 806. The fourth-order valence-electron chi connectivity index (χ4n) is 5.16. The minimum Gasteiger partial charge on any atom is -0.468 e. The first-order valence-electron chi connectivity index (χ1n) is 10.9. The van der Waals surface area contributed by atoms with Crippen molar-refractivity contribution in [3.05, 3.63) is 35.1 Å². The average molecular weight is 419 g/mol. The Balaban J connectivity index is 1.31. The normalized spacial score (nSPS) is 26.3. The molecule has 3 fully saturated rings. The van der Waals surface area contributed by atoms with Gasteiger partial charge in [-0.15, -0.1) is 0 Å². The van der Waals surface area contributed by atoms with Gasteiger partial charge in [-0.3, -0.25) is 14.5 Å². The Kier molecular flexibility index (Phi) is 6.11. The van der Waals surface area contributed by atoms with Crippen molar-refractivity contribution in [2.24, 2.45) is 5.41 Å². The van der Waals surface area contributed by atoms with Crippen LogP contribution in [0.5, 0.6) is 0 Å². The van der Waals surface area contributed by atoms with Crippen LogP contribution >= 0.6 is 0 Å². The molecular weight excluding hydrogens is 387 g/mol. The topological polar surface area (TPSA) is 59.1 Å². The molecule has 4 rings (SSSR count). The van der Waals surface area contributed by atoms with E-state index in [0.717, 1.165) is 45.2 Å². The van der Waals surface area contributed by atoms with Gasteiger partial charge < -0.3 is 14.4 Å². The quantitative estimate of drug-likeness (QED) is 0.704. The molecule has 2 atom stereocenters. The number of carbonyl (C=O) groups is 2. The SMILES string of the molecule is COC(=O)[C@H]1CCCN1C[C@@H]1CC2(CCN(C(=O)c3ccc(C)c(F)c3)CC2)CO1. The number of piperidine rings is 1. The van der Waals surface area contributed by atoms with Crippen LogP contribution in [0.15, 0.2) is 18.2 Å². The van der Waals surface area contributed by atoms with Crippen LogP contribution in [0.3, 0.4) is 0 Å². The molecule has 0 N–H and O–H groups in total. The summed E-state index contributed by atoms with van der Waals surface area (Å²) in [5.74, 6) is -0.592. The fraction of sp³-hybridized carbons (Fsp3) is 0.652. The van der Waals surface area contributed by atoms with Crippen molar-refractivity contribution >= 4 is 11.9 Å². The molecule has 3 aliphatic rings. The molecule has 0 aliphatic carbocycles. The zero-order valence-corrected chi connectivity index (χ0v) is 17.9. The van der Waals surface area contributed by atoms with Crippen LogP contribution in [-0.4, -0.2) is 73.7 Å². The second kappa shape index (κ2) is 8.63. The van der Waals surface area contributed by atoms with Crippen molar-refractivity contribution in [1.29, 1.82) is 0 Å². The summed E-state index contributed by atoms with van der Waals surface area (Å²) in [6.07, 6.45) is 4.71. The monoisotopic (exact) mass is 418 g/mol. The van der Waals surface area contributed by atoms with Gasteiger partial charge in [-0.25, -0.2) is 4.39 Å².